The van der Waals surface area contributed by atoms with Crippen molar-refractivity contribution >= 4 is 17.9 Å². The van der Waals surface area contributed by atoms with Gasteiger partial charge in [0.05, 0.1) is 0 Å². The molecule has 0 saturated heterocycles. The number of rotatable bonds is 66. The van der Waals surface area contributed by atoms with E-state index in [1.807, 2.05) is 0 Å². The summed E-state index contributed by atoms with van der Waals surface area (Å²) in [5.41, 5.74) is 0. The Balaban J connectivity index is 4.26. The van der Waals surface area contributed by atoms with Crippen LogP contribution in [0.3, 0.4) is 0 Å². The molecule has 0 aliphatic carbocycles. The molecule has 6 nitrogen and oxygen atoms in total. The van der Waals surface area contributed by atoms with Crippen LogP contribution in [0.2, 0.25) is 0 Å². The number of carbonyl (C=O) groups is 3. The third-order valence-electron chi connectivity index (χ3n) is 17.1. The van der Waals surface area contributed by atoms with E-state index in [4.69, 9.17) is 14.2 Å². The van der Waals surface area contributed by atoms with Crippen molar-refractivity contribution in [2.24, 2.45) is 11.8 Å². The second-order valence-electron chi connectivity index (χ2n) is 25.6. The lowest BCUT2D eigenvalue weighted by molar-refractivity contribution is -0.167. The lowest BCUT2D eigenvalue weighted by Gasteiger charge is -2.18. The molecule has 0 spiro atoms. The molecular formula is C72H140O6. The Morgan fingerprint density at radius 1 is 0.269 bits per heavy atom. The summed E-state index contributed by atoms with van der Waals surface area (Å²) in [6.45, 7) is 11.5. The molecule has 1 unspecified atom stereocenters. The molecule has 0 bridgehead atoms. The Bertz CT molecular complexity index is 1200. The summed E-state index contributed by atoms with van der Waals surface area (Å²) in [6.07, 6.45) is 74.0. The zero-order valence-electron chi connectivity index (χ0n) is 53.8. The van der Waals surface area contributed by atoms with Gasteiger partial charge in [-0.1, -0.05) is 375 Å². The SMILES string of the molecule is CCCCCCCCCCCCCCCCCCCC(=O)O[C@@H](COC(=O)CCCCCCCCCCCCCCCCCCCCC(C)C)COC(=O)CCCCCCCCCCCCCCCCCCCCC(C)CC. The van der Waals surface area contributed by atoms with E-state index in [9.17, 15) is 14.4 Å². The standard InChI is InChI=1S/C72H140O6/c1-6-8-9-10-11-12-13-14-15-20-29-34-39-44-49-54-59-64-72(75)78-69(65-76-70(73)62-57-52-47-42-37-32-27-23-18-16-21-25-30-35-40-45-50-55-60-67(3)4)66-77-71(74)63-58-53-48-43-38-33-28-24-19-17-22-26-31-36-41-46-51-56-61-68(5)7-2/h67-69H,6-66H2,1-5H3/t68?,69-/m0/s1. The molecule has 0 fully saturated rings. The van der Waals surface area contributed by atoms with Crippen molar-refractivity contribution in [1.82, 2.24) is 0 Å². The second kappa shape index (κ2) is 64.6. The van der Waals surface area contributed by atoms with Crippen LogP contribution in [-0.4, -0.2) is 37.2 Å². The number of hydrogen-bond acceptors (Lipinski definition) is 6. The summed E-state index contributed by atoms with van der Waals surface area (Å²) >= 11 is 0. The fourth-order valence-electron chi connectivity index (χ4n) is 11.3. The van der Waals surface area contributed by atoms with Crippen molar-refractivity contribution in [3.8, 4) is 0 Å². The van der Waals surface area contributed by atoms with Crippen LogP contribution in [0.4, 0.5) is 0 Å². The largest absolute Gasteiger partial charge is 0.462 e. The number of unbranched alkanes of at least 4 members (excludes halogenated alkanes) is 50. The highest BCUT2D eigenvalue weighted by Crippen LogP contribution is 2.20. The maximum absolute atomic E-state index is 13.0. The van der Waals surface area contributed by atoms with Crippen LogP contribution in [0.25, 0.3) is 0 Å². The van der Waals surface area contributed by atoms with Gasteiger partial charge in [0, 0.05) is 19.3 Å². The molecule has 0 N–H and O–H groups in total. The summed E-state index contributed by atoms with van der Waals surface area (Å²) < 4.78 is 17.0. The third kappa shape index (κ3) is 63.6. The molecule has 464 valence electrons. The van der Waals surface area contributed by atoms with Crippen LogP contribution < -0.4 is 0 Å². The minimum absolute atomic E-state index is 0.0610. The van der Waals surface area contributed by atoms with Crippen molar-refractivity contribution < 1.29 is 28.6 Å². The molecule has 0 aromatic heterocycles. The highest BCUT2D eigenvalue weighted by molar-refractivity contribution is 5.71. The minimum atomic E-state index is -0.765. The van der Waals surface area contributed by atoms with E-state index in [0.29, 0.717) is 19.3 Å². The summed E-state index contributed by atoms with van der Waals surface area (Å²) in [6, 6.07) is 0. The van der Waals surface area contributed by atoms with Gasteiger partial charge in [0.25, 0.3) is 0 Å². The molecule has 0 heterocycles. The topological polar surface area (TPSA) is 78.9 Å². The summed E-state index contributed by atoms with van der Waals surface area (Å²) in [4.78, 5) is 38.5. The molecule has 0 aromatic rings. The molecule has 2 atom stereocenters. The zero-order valence-corrected chi connectivity index (χ0v) is 53.8. The maximum atomic E-state index is 13.0. The van der Waals surface area contributed by atoms with Crippen LogP contribution in [0, 0.1) is 11.8 Å². The third-order valence-corrected chi connectivity index (χ3v) is 17.1. The lowest BCUT2D eigenvalue weighted by Crippen LogP contribution is -2.30. The number of carbonyl (C=O) groups excluding carboxylic acids is 3. The minimum Gasteiger partial charge on any atom is -0.462 e. The van der Waals surface area contributed by atoms with Crippen LogP contribution in [-0.2, 0) is 28.6 Å². The van der Waals surface area contributed by atoms with Gasteiger partial charge in [-0.3, -0.25) is 14.4 Å². The van der Waals surface area contributed by atoms with Crippen LogP contribution in [0.1, 0.15) is 413 Å². The van der Waals surface area contributed by atoms with Gasteiger partial charge in [0.2, 0.25) is 0 Å². The average molecular weight is 1100 g/mol. The molecule has 0 amide bonds. The Morgan fingerprint density at radius 2 is 0.487 bits per heavy atom. The molecule has 0 aromatic carbocycles. The first-order valence-electron chi connectivity index (χ1n) is 35.8. The number of esters is 3. The zero-order chi connectivity index (χ0) is 56.7. The van der Waals surface area contributed by atoms with E-state index in [1.54, 1.807) is 0 Å². The van der Waals surface area contributed by atoms with Gasteiger partial charge in [0.15, 0.2) is 6.10 Å². The fraction of sp³-hybridized carbons (Fsp3) is 0.958. The van der Waals surface area contributed by atoms with Crippen molar-refractivity contribution in [3.63, 3.8) is 0 Å². The van der Waals surface area contributed by atoms with E-state index in [-0.39, 0.29) is 31.1 Å². The van der Waals surface area contributed by atoms with Crippen molar-refractivity contribution in [3.05, 3.63) is 0 Å². The van der Waals surface area contributed by atoms with Crippen molar-refractivity contribution in [2.75, 3.05) is 13.2 Å². The quantitative estimate of drug-likeness (QED) is 0.0343. The van der Waals surface area contributed by atoms with Gasteiger partial charge in [0.1, 0.15) is 13.2 Å². The predicted octanol–water partition coefficient (Wildman–Crippen LogP) is 24.3. The maximum Gasteiger partial charge on any atom is 0.306 e. The van der Waals surface area contributed by atoms with Gasteiger partial charge in [-0.25, -0.2) is 0 Å². The van der Waals surface area contributed by atoms with Crippen LogP contribution in [0.15, 0.2) is 0 Å². The Morgan fingerprint density at radius 3 is 0.731 bits per heavy atom. The van der Waals surface area contributed by atoms with E-state index < -0.39 is 6.10 Å². The van der Waals surface area contributed by atoms with E-state index in [2.05, 4.69) is 34.6 Å². The number of hydrogen-bond donors (Lipinski definition) is 0. The van der Waals surface area contributed by atoms with Gasteiger partial charge in [-0.15, -0.1) is 0 Å². The normalized spacial score (nSPS) is 12.4. The molecule has 0 rings (SSSR count). The van der Waals surface area contributed by atoms with Crippen molar-refractivity contribution in [1.29, 1.82) is 0 Å². The van der Waals surface area contributed by atoms with Crippen LogP contribution in [0.5, 0.6) is 0 Å². The molecule has 6 heteroatoms. The monoisotopic (exact) mass is 1100 g/mol. The predicted molar refractivity (Wildman–Crippen MR) is 340 cm³/mol. The summed E-state index contributed by atoms with van der Waals surface area (Å²) in [7, 11) is 0. The highest BCUT2D eigenvalue weighted by Gasteiger charge is 2.20. The molecule has 78 heavy (non-hydrogen) atoms. The lowest BCUT2D eigenvalue weighted by atomic mass is 9.99. The second-order valence-corrected chi connectivity index (χ2v) is 25.6. The van der Waals surface area contributed by atoms with Gasteiger partial charge < -0.3 is 14.2 Å². The Labute approximate surface area is 488 Å². The van der Waals surface area contributed by atoms with Crippen molar-refractivity contribution in [2.45, 2.75) is 420 Å². The molecule has 0 saturated carbocycles. The molecular weight excluding hydrogens is 961 g/mol. The first-order chi connectivity index (χ1) is 38.3. The Hall–Kier alpha value is -1.59. The Kier molecular flexibility index (Phi) is 63.3. The summed E-state index contributed by atoms with van der Waals surface area (Å²) in [5, 5.41) is 0. The van der Waals surface area contributed by atoms with Crippen LogP contribution >= 0.6 is 0 Å². The smallest absolute Gasteiger partial charge is 0.306 e. The van der Waals surface area contributed by atoms with E-state index in [0.717, 1.165) is 69.6 Å². The first kappa shape index (κ1) is 76.4. The fourth-order valence-corrected chi connectivity index (χ4v) is 11.3. The summed E-state index contributed by atoms with van der Waals surface area (Å²) in [5.74, 6) is 0.947. The van der Waals surface area contributed by atoms with Gasteiger partial charge >= 0.3 is 17.9 Å². The first-order valence-corrected chi connectivity index (χ1v) is 35.8. The average Bonchev–Trinajstić information content (AvgIpc) is 3.43. The van der Waals surface area contributed by atoms with E-state index >= 15 is 0 Å². The highest BCUT2D eigenvalue weighted by atomic mass is 16.6. The van der Waals surface area contributed by atoms with Gasteiger partial charge in [-0.2, -0.15) is 0 Å². The molecule has 0 aliphatic heterocycles. The van der Waals surface area contributed by atoms with E-state index in [1.165, 1.54) is 302 Å². The number of ether oxygens (including phenoxy) is 3. The molecule has 0 aliphatic rings. The van der Waals surface area contributed by atoms with Gasteiger partial charge in [-0.05, 0) is 31.1 Å². The molecule has 0 radical (unpaired) electrons.